The lowest BCUT2D eigenvalue weighted by molar-refractivity contribution is 0.619. The molecule has 0 spiro atoms. The van der Waals surface area contributed by atoms with Crippen molar-refractivity contribution in [3.63, 3.8) is 0 Å². The number of hydrogen-bond acceptors (Lipinski definition) is 3. The summed E-state index contributed by atoms with van der Waals surface area (Å²) in [6.07, 6.45) is 1.70. The second-order valence-corrected chi connectivity index (χ2v) is 3.40. The molecule has 0 atom stereocenters. The Morgan fingerprint density at radius 1 is 1.44 bits per heavy atom. The molecule has 2 rings (SSSR count). The highest BCUT2D eigenvalue weighted by Crippen LogP contribution is 2.10. The van der Waals surface area contributed by atoms with Gasteiger partial charge in [-0.15, -0.1) is 0 Å². The molecule has 0 unspecified atom stereocenters. The number of aromatic nitrogens is 2. The maximum absolute atomic E-state index is 13.1. The fourth-order valence-corrected chi connectivity index (χ4v) is 1.46. The van der Waals surface area contributed by atoms with Crippen LogP contribution in [-0.2, 0) is 6.54 Å². The van der Waals surface area contributed by atoms with E-state index in [9.17, 15) is 4.39 Å². The minimum atomic E-state index is -0.422. The van der Waals surface area contributed by atoms with E-state index in [1.54, 1.807) is 23.0 Å². The quantitative estimate of drug-likeness (QED) is 0.827. The van der Waals surface area contributed by atoms with E-state index < -0.39 is 5.82 Å². The molecule has 4 nitrogen and oxygen atoms in total. The van der Waals surface area contributed by atoms with E-state index in [2.05, 4.69) is 5.10 Å². The second kappa shape index (κ2) is 4.03. The standard InChI is InChI=1S/C11H9FN4/c12-10-4-8(6-13)3-9(5-10)7-16-2-1-11(14)15-16/h1-5H,7H2,(H2,14,15). The SMILES string of the molecule is N#Cc1cc(F)cc(Cn2ccc(N)n2)c1. The van der Waals surface area contributed by atoms with Crippen LogP contribution in [0.3, 0.4) is 0 Å². The number of nitriles is 1. The average molecular weight is 216 g/mol. The van der Waals surface area contributed by atoms with Gasteiger partial charge < -0.3 is 5.73 Å². The molecule has 1 aromatic heterocycles. The average Bonchev–Trinajstić information content (AvgIpc) is 2.63. The summed E-state index contributed by atoms with van der Waals surface area (Å²) in [5.41, 5.74) is 6.44. The fourth-order valence-electron chi connectivity index (χ4n) is 1.46. The molecule has 1 aromatic carbocycles. The number of halogens is 1. The zero-order chi connectivity index (χ0) is 11.5. The van der Waals surface area contributed by atoms with Gasteiger partial charge in [0.05, 0.1) is 18.2 Å². The molecule has 0 radical (unpaired) electrons. The summed E-state index contributed by atoms with van der Waals surface area (Å²) in [5.74, 6) is -0.00825. The van der Waals surface area contributed by atoms with Crippen LogP contribution in [0.5, 0.6) is 0 Å². The van der Waals surface area contributed by atoms with E-state index in [4.69, 9.17) is 11.0 Å². The molecule has 0 aliphatic rings. The van der Waals surface area contributed by atoms with Crippen LogP contribution in [0, 0.1) is 17.1 Å². The first-order chi connectivity index (χ1) is 7.67. The van der Waals surface area contributed by atoms with Crippen molar-refractivity contribution < 1.29 is 4.39 Å². The number of rotatable bonds is 2. The highest BCUT2D eigenvalue weighted by Gasteiger charge is 2.02. The van der Waals surface area contributed by atoms with Gasteiger partial charge in [0.1, 0.15) is 11.6 Å². The molecular weight excluding hydrogens is 207 g/mol. The number of nitrogens with two attached hydrogens (primary N) is 1. The Labute approximate surface area is 91.7 Å². The lowest BCUT2D eigenvalue weighted by atomic mass is 10.1. The van der Waals surface area contributed by atoms with Gasteiger partial charge in [-0.25, -0.2) is 4.39 Å². The van der Waals surface area contributed by atoms with Crippen molar-refractivity contribution in [1.82, 2.24) is 9.78 Å². The summed E-state index contributed by atoms with van der Waals surface area (Å²) in [7, 11) is 0. The van der Waals surface area contributed by atoms with Crippen LogP contribution in [0.15, 0.2) is 30.5 Å². The highest BCUT2D eigenvalue weighted by molar-refractivity contribution is 5.34. The Kier molecular flexibility index (Phi) is 2.56. The van der Waals surface area contributed by atoms with Crippen molar-refractivity contribution >= 4 is 5.82 Å². The normalized spacial score (nSPS) is 10.0. The van der Waals surface area contributed by atoms with Gasteiger partial charge in [-0.1, -0.05) is 0 Å². The van der Waals surface area contributed by atoms with Crippen molar-refractivity contribution in [2.45, 2.75) is 6.54 Å². The topological polar surface area (TPSA) is 67.6 Å². The first kappa shape index (κ1) is 10.2. The van der Waals surface area contributed by atoms with Gasteiger partial charge in [0.2, 0.25) is 0 Å². The molecule has 80 valence electrons. The highest BCUT2D eigenvalue weighted by atomic mass is 19.1. The Morgan fingerprint density at radius 3 is 2.88 bits per heavy atom. The van der Waals surface area contributed by atoms with Crippen LogP contribution in [0.2, 0.25) is 0 Å². The molecule has 5 heteroatoms. The Bertz CT molecular complexity index is 553. The summed E-state index contributed by atoms with van der Waals surface area (Å²) in [5, 5.41) is 12.7. The number of nitrogens with zero attached hydrogens (tertiary/aromatic N) is 3. The number of benzene rings is 1. The van der Waals surface area contributed by atoms with Gasteiger partial charge in [-0.2, -0.15) is 10.4 Å². The minimum absolute atomic E-state index is 0.301. The molecular formula is C11H9FN4. The van der Waals surface area contributed by atoms with Crippen LogP contribution in [0.4, 0.5) is 10.2 Å². The monoisotopic (exact) mass is 216 g/mol. The van der Waals surface area contributed by atoms with E-state index in [-0.39, 0.29) is 0 Å². The predicted octanol–water partition coefficient (Wildman–Crippen LogP) is 1.52. The molecule has 0 fully saturated rings. The molecule has 2 aromatic rings. The van der Waals surface area contributed by atoms with Crippen molar-refractivity contribution in [2.24, 2.45) is 0 Å². The zero-order valence-corrected chi connectivity index (χ0v) is 8.39. The van der Waals surface area contributed by atoms with Gasteiger partial charge in [-0.05, 0) is 29.8 Å². The number of anilines is 1. The van der Waals surface area contributed by atoms with Gasteiger partial charge >= 0.3 is 0 Å². The van der Waals surface area contributed by atoms with Gasteiger partial charge in [0.15, 0.2) is 0 Å². The number of nitrogen functional groups attached to an aromatic ring is 1. The Hall–Kier alpha value is -2.35. The van der Waals surface area contributed by atoms with E-state index in [1.165, 1.54) is 12.1 Å². The van der Waals surface area contributed by atoms with Crippen LogP contribution in [0.25, 0.3) is 0 Å². The predicted molar refractivity (Wildman–Crippen MR) is 56.9 cm³/mol. The molecule has 16 heavy (non-hydrogen) atoms. The summed E-state index contributed by atoms with van der Waals surface area (Å²) >= 11 is 0. The van der Waals surface area contributed by atoms with Gasteiger partial charge in [-0.3, -0.25) is 4.68 Å². The summed E-state index contributed by atoms with van der Waals surface area (Å²) in [4.78, 5) is 0. The second-order valence-electron chi connectivity index (χ2n) is 3.40. The van der Waals surface area contributed by atoms with E-state index in [0.717, 1.165) is 0 Å². The van der Waals surface area contributed by atoms with Crippen LogP contribution in [-0.4, -0.2) is 9.78 Å². The molecule has 0 aliphatic carbocycles. The first-order valence-corrected chi connectivity index (χ1v) is 4.66. The summed E-state index contributed by atoms with van der Waals surface area (Å²) < 4.78 is 14.7. The van der Waals surface area contributed by atoms with Crippen LogP contribution >= 0.6 is 0 Å². The first-order valence-electron chi connectivity index (χ1n) is 4.66. The number of hydrogen-bond donors (Lipinski definition) is 1. The Balaban J connectivity index is 2.28. The van der Waals surface area contributed by atoms with Crippen LogP contribution < -0.4 is 5.73 Å². The third kappa shape index (κ3) is 2.17. The van der Waals surface area contributed by atoms with Gasteiger partial charge in [0, 0.05) is 6.20 Å². The maximum atomic E-state index is 13.1. The third-order valence-corrected chi connectivity index (χ3v) is 2.09. The smallest absolute Gasteiger partial charge is 0.145 e. The largest absolute Gasteiger partial charge is 0.382 e. The summed E-state index contributed by atoms with van der Waals surface area (Å²) in [6, 6.07) is 7.76. The molecule has 2 N–H and O–H groups in total. The molecule has 0 saturated carbocycles. The molecule has 1 heterocycles. The van der Waals surface area contributed by atoms with Crippen molar-refractivity contribution in [3.05, 3.63) is 47.4 Å². The molecule has 0 saturated heterocycles. The van der Waals surface area contributed by atoms with Crippen molar-refractivity contribution in [2.75, 3.05) is 5.73 Å². The van der Waals surface area contributed by atoms with E-state index in [0.29, 0.717) is 23.5 Å². The van der Waals surface area contributed by atoms with Gasteiger partial charge in [0.25, 0.3) is 0 Å². The molecule has 0 aliphatic heterocycles. The lowest BCUT2D eigenvalue weighted by Crippen LogP contribution is -2.02. The summed E-state index contributed by atoms with van der Waals surface area (Å²) in [6.45, 7) is 0.392. The minimum Gasteiger partial charge on any atom is -0.382 e. The maximum Gasteiger partial charge on any atom is 0.145 e. The van der Waals surface area contributed by atoms with E-state index in [1.807, 2.05) is 6.07 Å². The fraction of sp³-hybridized carbons (Fsp3) is 0.0909. The van der Waals surface area contributed by atoms with E-state index >= 15 is 0 Å². The Morgan fingerprint density at radius 2 is 2.25 bits per heavy atom. The molecule has 0 amide bonds. The third-order valence-electron chi connectivity index (χ3n) is 2.09. The zero-order valence-electron chi connectivity index (χ0n) is 8.39. The van der Waals surface area contributed by atoms with Crippen molar-refractivity contribution in [3.8, 4) is 6.07 Å². The van der Waals surface area contributed by atoms with Crippen molar-refractivity contribution in [1.29, 1.82) is 5.26 Å². The molecule has 0 bridgehead atoms. The van der Waals surface area contributed by atoms with Crippen LogP contribution in [0.1, 0.15) is 11.1 Å². The lowest BCUT2D eigenvalue weighted by Gasteiger charge is -2.02.